The molecule has 5 heteroatoms. The second-order valence-electron chi connectivity index (χ2n) is 3.97. The molecule has 0 fully saturated rings. The van der Waals surface area contributed by atoms with E-state index >= 15 is 0 Å². The summed E-state index contributed by atoms with van der Waals surface area (Å²) in [5.74, 6) is -0.400. The van der Waals surface area contributed by atoms with Crippen molar-refractivity contribution in [2.45, 2.75) is 30.2 Å². The fraction of sp³-hybridized carbons (Fsp3) is 0.417. The molecule has 0 amide bonds. The summed E-state index contributed by atoms with van der Waals surface area (Å²) in [6.45, 7) is 4.32. The van der Waals surface area contributed by atoms with Crippen LogP contribution in [0.1, 0.15) is 30.9 Å². The van der Waals surface area contributed by atoms with Crippen LogP contribution in [0.5, 0.6) is 0 Å². The Balaban J connectivity index is 2.56. The van der Waals surface area contributed by atoms with Crippen LogP contribution in [0.4, 0.5) is 0 Å². The first kappa shape index (κ1) is 14.6. The summed E-state index contributed by atoms with van der Waals surface area (Å²) in [4.78, 5) is 11.2. The lowest BCUT2D eigenvalue weighted by atomic mass is 10.0. The first-order chi connectivity index (χ1) is 7.80. The summed E-state index contributed by atoms with van der Waals surface area (Å²) in [5.41, 5.74) is 2.08. The van der Waals surface area contributed by atoms with Crippen LogP contribution in [-0.2, 0) is 16.1 Å². The van der Waals surface area contributed by atoms with Crippen LogP contribution >= 0.6 is 34.8 Å². The van der Waals surface area contributed by atoms with E-state index in [0.29, 0.717) is 5.92 Å². The molecule has 0 unspecified atom stereocenters. The normalized spacial score (nSPS) is 11.6. The fourth-order valence-corrected chi connectivity index (χ4v) is 1.39. The maximum absolute atomic E-state index is 11.2. The minimum atomic E-state index is -2.02. The lowest BCUT2D eigenvalue weighted by Gasteiger charge is -2.11. The molecule has 1 rings (SSSR count). The van der Waals surface area contributed by atoms with E-state index in [2.05, 4.69) is 13.8 Å². The maximum atomic E-state index is 11.2. The molecule has 1 aromatic rings. The van der Waals surface area contributed by atoms with Gasteiger partial charge in [0.2, 0.25) is 0 Å². The van der Waals surface area contributed by atoms with Gasteiger partial charge in [-0.2, -0.15) is 0 Å². The van der Waals surface area contributed by atoms with Crippen LogP contribution in [-0.4, -0.2) is 9.76 Å². The van der Waals surface area contributed by atoms with Gasteiger partial charge in [-0.1, -0.05) is 72.9 Å². The molecule has 0 spiro atoms. The van der Waals surface area contributed by atoms with Gasteiger partial charge in [-0.25, -0.2) is 4.79 Å². The van der Waals surface area contributed by atoms with E-state index in [-0.39, 0.29) is 6.61 Å². The van der Waals surface area contributed by atoms with Crippen molar-refractivity contribution >= 4 is 40.8 Å². The average molecular weight is 296 g/mol. The summed E-state index contributed by atoms with van der Waals surface area (Å²) in [6, 6.07) is 7.76. The summed E-state index contributed by atoms with van der Waals surface area (Å²) >= 11 is 16.1. The zero-order valence-corrected chi connectivity index (χ0v) is 11.8. The molecule has 0 atom stereocenters. The van der Waals surface area contributed by atoms with Crippen LogP contribution in [0.2, 0.25) is 0 Å². The van der Waals surface area contributed by atoms with Gasteiger partial charge in [-0.15, -0.1) is 0 Å². The fourth-order valence-electron chi connectivity index (χ4n) is 1.23. The van der Waals surface area contributed by atoms with E-state index in [9.17, 15) is 4.79 Å². The van der Waals surface area contributed by atoms with Gasteiger partial charge in [-0.3, -0.25) is 0 Å². The maximum Gasteiger partial charge on any atom is 0.358 e. The Kier molecular flexibility index (Phi) is 5.11. The number of alkyl halides is 3. The van der Waals surface area contributed by atoms with Crippen molar-refractivity contribution in [3.05, 3.63) is 35.4 Å². The molecule has 0 aliphatic rings. The third-order valence-electron chi connectivity index (χ3n) is 2.25. The Labute approximate surface area is 116 Å². The molecule has 0 aromatic heterocycles. The molecule has 0 heterocycles. The minimum Gasteiger partial charge on any atom is -0.458 e. The predicted octanol–water partition coefficient (Wildman–Crippen LogP) is 4.22. The van der Waals surface area contributed by atoms with E-state index in [1.54, 1.807) is 0 Å². The first-order valence-corrected chi connectivity index (χ1v) is 6.27. The standard InChI is InChI=1S/C12H13Cl3O2/c1-8(2)10-5-3-9(4-6-10)7-17-11(16)12(13,14)15/h3-6,8H,7H2,1-2H3. The van der Waals surface area contributed by atoms with Crippen molar-refractivity contribution in [3.8, 4) is 0 Å². The molecule has 0 saturated heterocycles. The molecule has 0 radical (unpaired) electrons. The third kappa shape index (κ3) is 4.74. The summed E-state index contributed by atoms with van der Waals surface area (Å²) in [6.07, 6.45) is 0. The van der Waals surface area contributed by atoms with Crippen LogP contribution < -0.4 is 0 Å². The molecule has 94 valence electrons. The van der Waals surface area contributed by atoms with Crippen molar-refractivity contribution in [1.29, 1.82) is 0 Å². The summed E-state index contributed by atoms with van der Waals surface area (Å²) in [7, 11) is 0. The lowest BCUT2D eigenvalue weighted by molar-refractivity contribution is -0.143. The highest BCUT2D eigenvalue weighted by atomic mass is 35.6. The Morgan fingerprint density at radius 1 is 1.24 bits per heavy atom. The number of benzene rings is 1. The number of esters is 1. The van der Waals surface area contributed by atoms with Crippen molar-refractivity contribution in [2.75, 3.05) is 0 Å². The smallest absolute Gasteiger partial charge is 0.358 e. The second-order valence-corrected chi connectivity index (χ2v) is 6.25. The topological polar surface area (TPSA) is 26.3 Å². The number of hydrogen-bond acceptors (Lipinski definition) is 2. The van der Waals surface area contributed by atoms with Crippen molar-refractivity contribution in [3.63, 3.8) is 0 Å². The Bertz CT molecular complexity index is 380. The quantitative estimate of drug-likeness (QED) is 0.616. The zero-order chi connectivity index (χ0) is 13.1. The van der Waals surface area contributed by atoms with E-state index in [1.165, 1.54) is 5.56 Å². The number of halogens is 3. The number of ether oxygens (including phenoxy) is 1. The molecular weight excluding hydrogens is 282 g/mol. The first-order valence-electron chi connectivity index (χ1n) is 5.13. The summed E-state index contributed by atoms with van der Waals surface area (Å²) < 4.78 is 2.84. The molecule has 1 aromatic carbocycles. The monoisotopic (exact) mass is 294 g/mol. The van der Waals surface area contributed by atoms with E-state index < -0.39 is 9.76 Å². The van der Waals surface area contributed by atoms with Gasteiger partial charge < -0.3 is 4.74 Å². The lowest BCUT2D eigenvalue weighted by Crippen LogP contribution is -2.21. The van der Waals surface area contributed by atoms with E-state index in [4.69, 9.17) is 39.5 Å². The predicted molar refractivity (Wildman–Crippen MR) is 70.6 cm³/mol. The Hall–Kier alpha value is -0.440. The molecule has 0 aliphatic carbocycles. The minimum absolute atomic E-state index is 0.102. The molecule has 0 N–H and O–H groups in total. The van der Waals surface area contributed by atoms with Gasteiger partial charge in [0.05, 0.1) is 0 Å². The largest absolute Gasteiger partial charge is 0.458 e. The van der Waals surface area contributed by atoms with Gasteiger partial charge in [0, 0.05) is 0 Å². The Morgan fingerprint density at radius 2 is 1.76 bits per heavy atom. The highest BCUT2D eigenvalue weighted by molar-refractivity contribution is 6.75. The number of hydrogen-bond donors (Lipinski definition) is 0. The number of rotatable bonds is 3. The average Bonchev–Trinajstić information content (AvgIpc) is 2.25. The number of carbonyl (C=O) groups is 1. The molecule has 0 bridgehead atoms. The zero-order valence-electron chi connectivity index (χ0n) is 9.54. The van der Waals surface area contributed by atoms with Crippen LogP contribution in [0.3, 0.4) is 0 Å². The van der Waals surface area contributed by atoms with Crippen LogP contribution in [0, 0.1) is 0 Å². The highest BCUT2D eigenvalue weighted by Gasteiger charge is 2.32. The van der Waals surface area contributed by atoms with Crippen molar-refractivity contribution < 1.29 is 9.53 Å². The molecule has 0 saturated carbocycles. The van der Waals surface area contributed by atoms with Crippen LogP contribution in [0.15, 0.2) is 24.3 Å². The molecule has 17 heavy (non-hydrogen) atoms. The van der Waals surface area contributed by atoms with Crippen molar-refractivity contribution in [1.82, 2.24) is 0 Å². The molecule has 2 nitrogen and oxygen atoms in total. The van der Waals surface area contributed by atoms with Gasteiger partial charge >= 0.3 is 5.97 Å². The second kappa shape index (κ2) is 5.94. The Morgan fingerprint density at radius 3 is 2.18 bits per heavy atom. The van der Waals surface area contributed by atoms with Gasteiger partial charge in [-0.05, 0) is 17.0 Å². The highest BCUT2D eigenvalue weighted by Crippen LogP contribution is 2.27. The van der Waals surface area contributed by atoms with Crippen LogP contribution in [0.25, 0.3) is 0 Å². The number of carbonyl (C=O) groups excluding carboxylic acids is 1. The molecule has 0 aliphatic heterocycles. The third-order valence-corrected chi connectivity index (χ3v) is 2.71. The van der Waals surface area contributed by atoms with E-state index in [0.717, 1.165) is 5.56 Å². The van der Waals surface area contributed by atoms with Crippen molar-refractivity contribution in [2.24, 2.45) is 0 Å². The van der Waals surface area contributed by atoms with Gasteiger partial charge in [0.25, 0.3) is 3.79 Å². The van der Waals surface area contributed by atoms with E-state index in [1.807, 2.05) is 24.3 Å². The van der Waals surface area contributed by atoms with Gasteiger partial charge in [0.1, 0.15) is 6.61 Å². The summed E-state index contributed by atoms with van der Waals surface area (Å²) in [5, 5.41) is 0. The van der Waals surface area contributed by atoms with Gasteiger partial charge in [0.15, 0.2) is 0 Å². The molecular formula is C12H13Cl3O2. The SMILES string of the molecule is CC(C)c1ccc(COC(=O)C(Cl)(Cl)Cl)cc1.